The van der Waals surface area contributed by atoms with E-state index in [1.165, 1.54) is 0 Å². The first-order chi connectivity index (χ1) is 13.9. The summed E-state index contributed by atoms with van der Waals surface area (Å²) in [6.45, 7) is 4.46. The highest BCUT2D eigenvalue weighted by Crippen LogP contribution is 2.30. The maximum absolute atomic E-state index is 12.7. The van der Waals surface area contributed by atoms with Crippen molar-refractivity contribution < 1.29 is 17.9 Å². The lowest BCUT2D eigenvalue weighted by molar-refractivity contribution is 0.0953. The van der Waals surface area contributed by atoms with E-state index in [9.17, 15) is 13.2 Å². The number of nitrogens with one attached hydrogen (secondary N) is 1. The molecule has 3 rings (SSSR count). The van der Waals surface area contributed by atoms with Crippen molar-refractivity contribution in [2.45, 2.75) is 30.4 Å². The van der Waals surface area contributed by atoms with Gasteiger partial charge < -0.3 is 10.1 Å². The summed E-state index contributed by atoms with van der Waals surface area (Å²) >= 11 is 0.883. The van der Waals surface area contributed by atoms with Crippen molar-refractivity contribution >= 4 is 27.1 Å². The number of para-hydroxylation sites is 1. The highest BCUT2D eigenvalue weighted by Gasteiger charge is 2.22. The van der Waals surface area contributed by atoms with E-state index in [0.717, 1.165) is 23.3 Å². The minimum Gasteiger partial charge on any atom is -0.430 e. The van der Waals surface area contributed by atoms with Crippen molar-refractivity contribution in [2.24, 2.45) is 0 Å². The predicted octanol–water partition coefficient (Wildman–Crippen LogP) is 3.75. The number of hydrogen-bond acceptors (Lipinski definition) is 7. The van der Waals surface area contributed by atoms with Crippen molar-refractivity contribution in [3.05, 3.63) is 65.2 Å². The van der Waals surface area contributed by atoms with Gasteiger partial charge in [-0.25, -0.2) is 8.42 Å². The van der Waals surface area contributed by atoms with Crippen molar-refractivity contribution in [3.63, 3.8) is 0 Å². The summed E-state index contributed by atoms with van der Waals surface area (Å²) in [5.74, 6) is 0.191. The summed E-state index contributed by atoms with van der Waals surface area (Å²) in [7, 11) is -3.68. The van der Waals surface area contributed by atoms with Crippen LogP contribution in [0.3, 0.4) is 0 Å². The van der Waals surface area contributed by atoms with Crippen LogP contribution in [0.4, 0.5) is 0 Å². The summed E-state index contributed by atoms with van der Waals surface area (Å²) in [5, 5.41) is 10.6. The fraction of sp³-hybridized carbons (Fsp3) is 0.250. The first-order valence-electron chi connectivity index (χ1n) is 9.06. The van der Waals surface area contributed by atoms with Crippen LogP contribution < -0.4 is 10.1 Å². The van der Waals surface area contributed by atoms with Crippen molar-refractivity contribution in [3.8, 4) is 10.9 Å². The van der Waals surface area contributed by atoms with Crippen molar-refractivity contribution in [1.29, 1.82) is 0 Å². The Bertz CT molecular complexity index is 1090. The largest absolute Gasteiger partial charge is 0.430 e. The second kappa shape index (κ2) is 9.15. The number of nitrogens with zero attached hydrogens (tertiary/aromatic N) is 2. The van der Waals surface area contributed by atoms with Gasteiger partial charge in [-0.2, -0.15) is 0 Å². The third-order valence-electron chi connectivity index (χ3n) is 4.05. The normalized spacial score (nSPS) is 11.2. The van der Waals surface area contributed by atoms with E-state index in [1.807, 2.05) is 32.0 Å². The first-order valence-corrected chi connectivity index (χ1v) is 11.5. The van der Waals surface area contributed by atoms with Crippen LogP contribution in [0.25, 0.3) is 0 Å². The summed E-state index contributed by atoms with van der Waals surface area (Å²) in [5.41, 5.74) is 1.97. The molecular formula is C20H21N3O4S2. The number of benzene rings is 2. The van der Waals surface area contributed by atoms with Crippen LogP contribution in [0.2, 0.25) is 0 Å². The minimum absolute atomic E-state index is 0.106. The maximum Gasteiger partial charge on any atom is 0.300 e. The number of sulfone groups is 1. The standard InChI is InChI=1S/C20H21N3O4S2/c1-3-12-21-18(24)16-10-8-15(9-11-16)13-29(25,26)20-23-22-19(28-20)27-17-7-5-4-6-14(17)2/h4-11H,3,12-13H2,1-2H3,(H,21,24). The number of hydrogen-bond donors (Lipinski definition) is 1. The van der Waals surface area contributed by atoms with E-state index in [1.54, 1.807) is 30.3 Å². The Morgan fingerprint density at radius 1 is 1.10 bits per heavy atom. The number of ether oxygens (including phenoxy) is 1. The number of carbonyl (C=O) groups excluding carboxylic acids is 1. The highest BCUT2D eigenvalue weighted by atomic mass is 32.2. The maximum atomic E-state index is 12.7. The summed E-state index contributed by atoms with van der Waals surface area (Å²) in [4.78, 5) is 11.9. The van der Waals surface area contributed by atoms with E-state index in [4.69, 9.17) is 4.74 Å². The molecule has 0 atom stereocenters. The fourth-order valence-electron chi connectivity index (χ4n) is 2.50. The van der Waals surface area contributed by atoms with Gasteiger partial charge in [0.05, 0.1) is 5.75 Å². The number of aromatic nitrogens is 2. The zero-order valence-corrected chi connectivity index (χ0v) is 17.7. The van der Waals surface area contributed by atoms with Gasteiger partial charge in [-0.05, 0) is 54.0 Å². The molecule has 0 aliphatic heterocycles. The molecule has 0 spiro atoms. The lowest BCUT2D eigenvalue weighted by Gasteiger charge is -2.05. The summed E-state index contributed by atoms with van der Waals surface area (Å²) in [6.07, 6.45) is 0.847. The molecule has 9 heteroatoms. The zero-order chi connectivity index (χ0) is 20.9. The molecule has 0 bridgehead atoms. The first kappa shape index (κ1) is 20.9. The summed E-state index contributed by atoms with van der Waals surface area (Å²) < 4.78 is 30.9. The molecule has 1 amide bonds. The molecule has 7 nitrogen and oxygen atoms in total. The molecule has 1 heterocycles. The molecule has 2 aromatic carbocycles. The van der Waals surface area contributed by atoms with Gasteiger partial charge in [0.1, 0.15) is 5.75 Å². The van der Waals surface area contributed by atoms with Crippen LogP contribution in [0, 0.1) is 6.92 Å². The van der Waals surface area contributed by atoms with Crippen LogP contribution in [0.5, 0.6) is 10.9 Å². The second-order valence-corrected chi connectivity index (χ2v) is 9.52. The quantitative estimate of drug-likeness (QED) is 0.583. The van der Waals surface area contributed by atoms with E-state index >= 15 is 0 Å². The molecule has 0 aliphatic carbocycles. The Morgan fingerprint density at radius 3 is 2.52 bits per heavy atom. The lowest BCUT2D eigenvalue weighted by atomic mass is 10.1. The third-order valence-corrected chi connectivity index (χ3v) is 6.99. The van der Waals surface area contributed by atoms with Crippen LogP contribution in [-0.2, 0) is 15.6 Å². The molecule has 0 saturated heterocycles. The smallest absolute Gasteiger partial charge is 0.300 e. The Kier molecular flexibility index (Phi) is 6.60. The van der Waals surface area contributed by atoms with Gasteiger partial charge in [-0.1, -0.05) is 42.4 Å². The third kappa shape index (κ3) is 5.39. The SMILES string of the molecule is CCCNC(=O)c1ccc(CS(=O)(=O)c2nnc(Oc3ccccc3C)s2)cc1. The van der Waals surface area contributed by atoms with Crippen LogP contribution >= 0.6 is 11.3 Å². The molecule has 29 heavy (non-hydrogen) atoms. The van der Waals surface area contributed by atoms with E-state index in [2.05, 4.69) is 15.5 Å². The molecule has 1 aromatic heterocycles. The predicted molar refractivity (Wildman–Crippen MR) is 111 cm³/mol. The molecule has 1 N–H and O–H groups in total. The number of amides is 1. The Labute approximate surface area is 173 Å². The van der Waals surface area contributed by atoms with Gasteiger partial charge >= 0.3 is 5.19 Å². The lowest BCUT2D eigenvalue weighted by Crippen LogP contribution is -2.23. The number of rotatable bonds is 8. The minimum atomic E-state index is -3.68. The van der Waals surface area contributed by atoms with Gasteiger partial charge in [0.2, 0.25) is 14.2 Å². The second-order valence-electron chi connectivity index (χ2n) is 6.41. The Balaban J connectivity index is 1.69. The van der Waals surface area contributed by atoms with Gasteiger partial charge in [0, 0.05) is 12.1 Å². The van der Waals surface area contributed by atoms with Crippen LogP contribution in [-0.4, -0.2) is 31.1 Å². The van der Waals surface area contributed by atoms with Gasteiger partial charge in [0.25, 0.3) is 5.91 Å². The Morgan fingerprint density at radius 2 is 1.83 bits per heavy atom. The Hall–Kier alpha value is -2.78. The molecule has 0 fully saturated rings. The van der Waals surface area contributed by atoms with Crippen LogP contribution in [0.15, 0.2) is 52.9 Å². The fourth-order valence-corrected chi connectivity index (χ4v) is 4.77. The highest BCUT2D eigenvalue weighted by molar-refractivity contribution is 7.92. The molecule has 3 aromatic rings. The van der Waals surface area contributed by atoms with E-state index < -0.39 is 9.84 Å². The van der Waals surface area contributed by atoms with Gasteiger partial charge in [0.15, 0.2) is 0 Å². The molecule has 0 radical (unpaired) electrons. The molecular weight excluding hydrogens is 410 g/mol. The molecule has 0 aliphatic rings. The van der Waals surface area contributed by atoms with Gasteiger partial charge in [-0.3, -0.25) is 4.79 Å². The van der Waals surface area contributed by atoms with E-state index in [0.29, 0.717) is 23.4 Å². The monoisotopic (exact) mass is 431 g/mol. The van der Waals surface area contributed by atoms with Crippen molar-refractivity contribution in [2.75, 3.05) is 6.54 Å². The summed E-state index contributed by atoms with van der Waals surface area (Å²) in [6, 6.07) is 13.9. The van der Waals surface area contributed by atoms with Crippen LogP contribution in [0.1, 0.15) is 34.8 Å². The number of aryl methyl sites for hydroxylation is 1. The van der Waals surface area contributed by atoms with Gasteiger partial charge in [-0.15, -0.1) is 5.10 Å². The zero-order valence-electron chi connectivity index (χ0n) is 16.1. The van der Waals surface area contributed by atoms with Crippen molar-refractivity contribution in [1.82, 2.24) is 15.5 Å². The number of carbonyl (C=O) groups is 1. The molecule has 152 valence electrons. The molecule has 0 unspecified atom stereocenters. The topological polar surface area (TPSA) is 98.2 Å². The average molecular weight is 432 g/mol. The molecule has 0 saturated carbocycles. The van der Waals surface area contributed by atoms with E-state index in [-0.39, 0.29) is 21.2 Å². The average Bonchev–Trinajstić information content (AvgIpc) is 3.18.